The molecule has 43 heavy (non-hydrogen) atoms. The molecule has 10 heteroatoms. The van der Waals surface area contributed by atoms with E-state index in [2.05, 4.69) is 15.6 Å². The van der Waals surface area contributed by atoms with Crippen LogP contribution in [0.4, 0.5) is 17.4 Å². The first-order valence-corrected chi connectivity index (χ1v) is 14.1. The minimum absolute atomic E-state index is 0.117. The van der Waals surface area contributed by atoms with Gasteiger partial charge in [-0.25, -0.2) is 0 Å². The largest absolute Gasteiger partial charge is 0.481 e. The molecule has 6 rings (SSSR count). The van der Waals surface area contributed by atoms with Crippen molar-refractivity contribution in [1.82, 2.24) is 9.88 Å². The number of fused-ring (bicyclic) bond motifs is 1. The van der Waals surface area contributed by atoms with Gasteiger partial charge in [0.1, 0.15) is 5.52 Å². The van der Waals surface area contributed by atoms with Crippen LogP contribution in [0.1, 0.15) is 27.4 Å². The van der Waals surface area contributed by atoms with Gasteiger partial charge < -0.3 is 25.1 Å². The summed E-state index contributed by atoms with van der Waals surface area (Å²) in [7, 11) is 0. The lowest BCUT2D eigenvalue weighted by atomic mass is 9.89. The summed E-state index contributed by atoms with van der Waals surface area (Å²) >= 11 is 6.21. The molecule has 9 nitrogen and oxygen atoms in total. The fraction of sp³-hybridized carbons (Fsp3) is 0.152. The minimum atomic E-state index is -0.943. The van der Waals surface area contributed by atoms with Crippen molar-refractivity contribution in [1.29, 1.82) is 0 Å². The molecule has 0 spiro atoms. The first-order valence-electron chi connectivity index (χ1n) is 13.7. The Balaban J connectivity index is 1.09. The SMILES string of the molecule is O=C(Cc1ccc2nc(Nc3ccccc3Cl)oc2c1)Nc1ccc(C2CN(C(=O)c3ccccc3)CC2C(=O)O)cc1. The van der Waals surface area contributed by atoms with Crippen molar-refractivity contribution in [2.24, 2.45) is 5.92 Å². The minimum Gasteiger partial charge on any atom is -0.481 e. The lowest BCUT2D eigenvalue weighted by Gasteiger charge is -2.17. The molecule has 4 aromatic carbocycles. The van der Waals surface area contributed by atoms with E-state index in [1.54, 1.807) is 71.6 Å². The average Bonchev–Trinajstić information content (AvgIpc) is 3.63. The number of carboxylic acid groups (broad SMARTS) is 1. The van der Waals surface area contributed by atoms with Gasteiger partial charge in [0.15, 0.2) is 5.58 Å². The molecule has 0 saturated carbocycles. The number of carbonyl (C=O) groups excluding carboxylic acids is 2. The normalized spacial score (nSPS) is 16.3. The molecular formula is C33H27ClN4O5. The number of benzene rings is 4. The van der Waals surface area contributed by atoms with Crippen LogP contribution in [-0.4, -0.2) is 45.9 Å². The summed E-state index contributed by atoms with van der Waals surface area (Å²) < 4.78 is 5.82. The highest BCUT2D eigenvalue weighted by Crippen LogP contribution is 2.34. The molecule has 1 aliphatic heterocycles. The molecular weight excluding hydrogens is 568 g/mol. The summed E-state index contributed by atoms with van der Waals surface area (Å²) in [4.78, 5) is 43.8. The van der Waals surface area contributed by atoms with Crippen molar-refractivity contribution in [3.05, 3.63) is 119 Å². The van der Waals surface area contributed by atoms with Gasteiger partial charge in [-0.15, -0.1) is 0 Å². The maximum Gasteiger partial charge on any atom is 0.308 e. The van der Waals surface area contributed by atoms with Gasteiger partial charge in [0.05, 0.1) is 23.0 Å². The van der Waals surface area contributed by atoms with E-state index in [0.717, 1.165) is 11.1 Å². The quantitative estimate of drug-likeness (QED) is 0.191. The van der Waals surface area contributed by atoms with Gasteiger partial charge in [-0.3, -0.25) is 14.4 Å². The third kappa shape index (κ3) is 6.22. The van der Waals surface area contributed by atoms with Crippen molar-refractivity contribution in [3.8, 4) is 0 Å². The number of para-hydroxylation sites is 1. The van der Waals surface area contributed by atoms with Crippen LogP contribution in [0.5, 0.6) is 0 Å². The van der Waals surface area contributed by atoms with Crippen LogP contribution in [0.3, 0.4) is 0 Å². The Morgan fingerprint density at radius 3 is 2.42 bits per heavy atom. The number of nitrogens with zero attached hydrogens (tertiary/aromatic N) is 2. The summed E-state index contributed by atoms with van der Waals surface area (Å²) in [6, 6.07) is 28.9. The van der Waals surface area contributed by atoms with Gasteiger partial charge in [-0.1, -0.05) is 60.1 Å². The smallest absolute Gasteiger partial charge is 0.308 e. The van der Waals surface area contributed by atoms with Gasteiger partial charge in [-0.05, 0) is 59.7 Å². The highest BCUT2D eigenvalue weighted by atomic mass is 35.5. The number of hydrogen-bond acceptors (Lipinski definition) is 6. The van der Waals surface area contributed by atoms with Gasteiger partial charge in [0.2, 0.25) is 5.91 Å². The van der Waals surface area contributed by atoms with E-state index in [1.165, 1.54) is 0 Å². The second-order valence-corrected chi connectivity index (χ2v) is 10.8. The standard InChI is InChI=1S/C33H27ClN4O5/c34-26-8-4-5-9-27(26)36-33-37-28-15-10-20(16-29(28)43-33)17-30(39)35-23-13-11-21(12-14-23)24-18-38(19-25(24)32(41)42)31(40)22-6-2-1-3-7-22/h1-16,24-25H,17-19H2,(H,35,39)(H,36,37)(H,41,42). The lowest BCUT2D eigenvalue weighted by molar-refractivity contribution is -0.141. The fourth-order valence-electron chi connectivity index (χ4n) is 5.34. The topological polar surface area (TPSA) is 125 Å². The van der Waals surface area contributed by atoms with Crippen molar-refractivity contribution < 1.29 is 23.9 Å². The Hall–Kier alpha value is -5.15. The summed E-state index contributed by atoms with van der Waals surface area (Å²) in [6.45, 7) is 0.440. The van der Waals surface area contributed by atoms with E-state index >= 15 is 0 Å². The maximum absolute atomic E-state index is 12.9. The monoisotopic (exact) mass is 594 g/mol. The number of oxazole rings is 1. The molecule has 3 N–H and O–H groups in total. The van der Waals surface area contributed by atoms with E-state index in [-0.39, 0.29) is 30.7 Å². The molecule has 0 bridgehead atoms. The summed E-state index contributed by atoms with van der Waals surface area (Å²) in [5, 5.41) is 16.4. The van der Waals surface area contributed by atoms with Crippen LogP contribution in [0.25, 0.3) is 11.1 Å². The van der Waals surface area contributed by atoms with E-state index in [4.69, 9.17) is 16.0 Å². The van der Waals surface area contributed by atoms with Crippen LogP contribution in [0.15, 0.2) is 101 Å². The molecule has 1 aromatic heterocycles. The Bertz CT molecular complexity index is 1810. The molecule has 2 unspecified atom stereocenters. The summed E-state index contributed by atoms with van der Waals surface area (Å²) in [5.74, 6) is -2.43. The van der Waals surface area contributed by atoms with Crippen LogP contribution in [0, 0.1) is 5.92 Å². The zero-order chi connectivity index (χ0) is 29.9. The molecule has 1 fully saturated rings. The van der Waals surface area contributed by atoms with Crippen molar-refractivity contribution >= 4 is 57.9 Å². The number of nitrogens with one attached hydrogen (secondary N) is 2. The molecule has 2 amide bonds. The van der Waals surface area contributed by atoms with Gasteiger partial charge >= 0.3 is 5.97 Å². The van der Waals surface area contributed by atoms with Crippen molar-refractivity contribution in [2.75, 3.05) is 23.7 Å². The Kier molecular flexibility index (Phi) is 7.81. The number of likely N-dealkylation sites (tertiary alicyclic amines) is 1. The third-order valence-electron chi connectivity index (χ3n) is 7.50. The molecule has 2 heterocycles. The first-order chi connectivity index (χ1) is 20.8. The molecule has 0 aliphatic carbocycles. The zero-order valence-electron chi connectivity index (χ0n) is 22.9. The van der Waals surface area contributed by atoms with E-state index < -0.39 is 11.9 Å². The first kappa shape index (κ1) is 28.0. The van der Waals surface area contributed by atoms with Crippen molar-refractivity contribution in [2.45, 2.75) is 12.3 Å². The molecule has 2 atom stereocenters. The van der Waals surface area contributed by atoms with E-state index in [1.807, 2.05) is 30.3 Å². The highest BCUT2D eigenvalue weighted by molar-refractivity contribution is 6.33. The third-order valence-corrected chi connectivity index (χ3v) is 7.83. The van der Waals surface area contributed by atoms with Crippen LogP contribution in [-0.2, 0) is 16.0 Å². The predicted octanol–water partition coefficient (Wildman–Crippen LogP) is 6.35. The number of hydrogen-bond donors (Lipinski definition) is 3. The second-order valence-electron chi connectivity index (χ2n) is 10.4. The summed E-state index contributed by atoms with van der Waals surface area (Å²) in [6.07, 6.45) is 0.117. The number of amides is 2. The molecule has 1 saturated heterocycles. The Morgan fingerprint density at radius 1 is 0.930 bits per heavy atom. The molecule has 1 aliphatic rings. The number of aromatic nitrogens is 1. The maximum atomic E-state index is 12.9. The zero-order valence-corrected chi connectivity index (χ0v) is 23.6. The lowest BCUT2D eigenvalue weighted by Crippen LogP contribution is -2.29. The van der Waals surface area contributed by atoms with Gasteiger partial charge in [0.25, 0.3) is 11.9 Å². The van der Waals surface area contributed by atoms with Crippen LogP contribution < -0.4 is 10.6 Å². The number of anilines is 3. The number of aliphatic carboxylic acids is 1. The number of halogens is 1. The number of carboxylic acids is 1. The van der Waals surface area contributed by atoms with Crippen LogP contribution >= 0.6 is 11.6 Å². The average molecular weight is 595 g/mol. The Morgan fingerprint density at radius 2 is 1.67 bits per heavy atom. The molecule has 216 valence electrons. The van der Waals surface area contributed by atoms with E-state index in [9.17, 15) is 19.5 Å². The van der Waals surface area contributed by atoms with Crippen LogP contribution in [0.2, 0.25) is 5.02 Å². The number of rotatable bonds is 8. The fourth-order valence-corrected chi connectivity index (χ4v) is 5.52. The second kappa shape index (κ2) is 12.0. The van der Waals surface area contributed by atoms with E-state index in [0.29, 0.717) is 45.6 Å². The van der Waals surface area contributed by atoms with Crippen molar-refractivity contribution in [3.63, 3.8) is 0 Å². The molecule has 5 aromatic rings. The van der Waals surface area contributed by atoms with Gasteiger partial charge in [0, 0.05) is 30.3 Å². The Labute approximate surface area is 252 Å². The van der Waals surface area contributed by atoms with Gasteiger partial charge in [-0.2, -0.15) is 4.98 Å². The summed E-state index contributed by atoms with van der Waals surface area (Å²) in [5.41, 5.74) is 4.51. The number of carbonyl (C=O) groups is 3. The highest BCUT2D eigenvalue weighted by Gasteiger charge is 2.40. The molecule has 0 radical (unpaired) electrons. The predicted molar refractivity (Wildman–Crippen MR) is 164 cm³/mol.